The molecule has 3 aromatic carbocycles. The molecule has 0 spiro atoms. The monoisotopic (exact) mass is 687 g/mol. The molecular weight excluding hydrogens is 663 g/mol. The van der Waals surface area contributed by atoms with Crippen LogP contribution in [0.3, 0.4) is 0 Å². The number of halogens is 6. The number of carbonyl (C=O) groups is 3. The minimum Gasteiger partial charge on any atom is -0.366 e. The second-order valence-electron chi connectivity index (χ2n) is 11.0. The smallest absolute Gasteiger partial charge is 0.257 e. The van der Waals surface area contributed by atoms with E-state index in [0.29, 0.717) is 15.6 Å². The SMILES string of the molecule is CN(C(=O)COC(C)(C)C)c1ccc(NC(=O)c2cc(NC(=O)C3C(c4cc(Cl)cc(Cl)c4)C3(Cl)Cl)ccc2Cl)c(F)c1. The summed E-state index contributed by atoms with van der Waals surface area (Å²) < 4.78 is 19.1. The lowest BCUT2D eigenvalue weighted by Crippen LogP contribution is -2.33. The van der Waals surface area contributed by atoms with Crippen LogP contribution in [0.2, 0.25) is 15.1 Å². The first-order chi connectivity index (χ1) is 20.0. The predicted octanol–water partition coefficient (Wildman–Crippen LogP) is 8.34. The van der Waals surface area contributed by atoms with Gasteiger partial charge in [0.1, 0.15) is 16.8 Å². The summed E-state index contributed by atoms with van der Waals surface area (Å²) in [5, 5.41) is 6.00. The molecule has 1 fully saturated rings. The molecule has 4 rings (SSSR count). The summed E-state index contributed by atoms with van der Waals surface area (Å²) in [4.78, 5) is 39.9. The molecule has 1 aliphatic rings. The lowest BCUT2D eigenvalue weighted by molar-refractivity contribution is -0.127. The highest BCUT2D eigenvalue weighted by atomic mass is 35.5. The number of likely N-dealkylation sites (N-methyl/N-ethyl adjacent to an activating group) is 1. The summed E-state index contributed by atoms with van der Waals surface area (Å²) in [6, 6.07) is 13.0. The topological polar surface area (TPSA) is 87.7 Å². The van der Waals surface area contributed by atoms with Gasteiger partial charge in [0.25, 0.3) is 11.8 Å². The summed E-state index contributed by atoms with van der Waals surface area (Å²) >= 11 is 31.3. The fourth-order valence-electron chi connectivity index (χ4n) is 4.34. The van der Waals surface area contributed by atoms with Crippen LogP contribution in [-0.4, -0.2) is 41.3 Å². The molecule has 7 nitrogen and oxygen atoms in total. The summed E-state index contributed by atoms with van der Waals surface area (Å²) in [5.74, 6) is -3.74. The molecule has 13 heteroatoms. The van der Waals surface area contributed by atoms with Gasteiger partial charge in [0.15, 0.2) is 0 Å². The third-order valence-corrected chi connectivity index (χ3v) is 8.36. The molecule has 0 saturated heterocycles. The van der Waals surface area contributed by atoms with E-state index in [9.17, 15) is 18.8 Å². The molecule has 3 amide bonds. The third kappa shape index (κ3) is 7.93. The van der Waals surface area contributed by atoms with Crippen LogP contribution >= 0.6 is 58.0 Å². The van der Waals surface area contributed by atoms with E-state index in [2.05, 4.69) is 10.6 Å². The molecule has 0 bridgehead atoms. The summed E-state index contributed by atoms with van der Waals surface area (Å²) in [7, 11) is 1.49. The van der Waals surface area contributed by atoms with Crippen molar-refractivity contribution in [1.82, 2.24) is 0 Å². The lowest BCUT2D eigenvalue weighted by atomic mass is 10.1. The highest BCUT2D eigenvalue weighted by Crippen LogP contribution is 2.65. The Balaban J connectivity index is 1.44. The van der Waals surface area contributed by atoms with Crippen LogP contribution in [0.25, 0.3) is 0 Å². The van der Waals surface area contributed by atoms with Crippen molar-refractivity contribution >= 4 is 92.8 Å². The number of alkyl halides is 2. The van der Waals surface area contributed by atoms with Crippen molar-refractivity contribution in [3.63, 3.8) is 0 Å². The number of hydrogen-bond acceptors (Lipinski definition) is 4. The summed E-state index contributed by atoms with van der Waals surface area (Å²) in [5.41, 5.74) is 0.455. The maximum atomic E-state index is 15.0. The second-order valence-corrected chi connectivity index (χ2v) is 13.7. The van der Waals surface area contributed by atoms with Gasteiger partial charge in [0.05, 0.1) is 27.8 Å². The maximum Gasteiger partial charge on any atom is 0.257 e. The molecule has 2 N–H and O–H groups in total. The van der Waals surface area contributed by atoms with E-state index in [0.717, 1.165) is 6.07 Å². The van der Waals surface area contributed by atoms with E-state index in [1.165, 1.54) is 42.3 Å². The Labute approximate surface area is 273 Å². The molecule has 2 atom stereocenters. The van der Waals surface area contributed by atoms with Gasteiger partial charge in [-0.05, 0) is 80.9 Å². The minimum absolute atomic E-state index is 0.0217. The van der Waals surface area contributed by atoms with Crippen LogP contribution in [0.1, 0.15) is 42.6 Å². The Morgan fingerprint density at radius 2 is 1.60 bits per heavy atom. The minimum atomic E-state index is -1.40. The van der Waals surface area contributed by atoms with Crippen LogP contribution in [0.15, 0.2) is 54.6 Å². The van der Waals surface area contributed by atoms with Gasteiger partial charge in [-0.2, -0.15) is 0 Å². The number of ether oxygens (including phenoxy) is 1. The molecule has 1 saturated carbocycles. The van der Waals surface area contributed by atoms with Crippen molar-refractivity contribution in [2.75, 3.05) is 29.2 Å². The zero-order valence-electron chi connectivity index (χ0n) is 23.4. The van der Waals surface area contributed by atoms with E-state index in [1.54, 1.807) is 18.2 Å². The molecule has 43 heavy (non-hydrogen) atoms. The average molecular weight is 690 g/mol. The predicted molar refractivity (Wildman–Crippen MR) is 171 cm³/mol. The summed E-state index contributed by atoms with van der Waals surface area (Å²) in [6.45, 7) is 5.27. The van der Waals surface area contributed by atoms with Gasteiger partial charge in [-0.15, -0.1) is 23.2 Å². The number of amides is 3. The van der Waals surface area contributed by atoms with Gasteiger partial charge in [-0.1, -0.05) is 34.8 Å². The number of benzene rings is 3. The first kappa shape index (κ1) is 33.3. The normalized spacial score (nSPS) is 17.3. The van der Waals surface area contributed by atoms with E-state index < -0.39 is 39.4 Å². The Hall–Kier alpha value is -2.59. The zero-order valence-corrected chi connectivity index (χ0v) is 27.2. The molecule has 1 aliphatic carbocycles. The van der Waals surface area contributed by atoms with E-state index in [1.807, 2.05) is 20.8 Å². The van der Waals surface area contributed by atoms with Crippen LogP contribution in [-0.2, 0) is 14.3 Å². The largest absolute Gasteiger partial charge is 0.366 e. The maximum absolute atomic E-state index is 15.0. The molecule has 2 unspecified atom stereocenters. The van der Waals surface area contributed by atoms with Crippen LogP contribution in [0, 0.1) is 11.7 Å². The van der Waals surface area contributed by atoms with Crippen molar-refractivity contribution in [3.8, 4) is 0 Å². The highest BCUT2D eigenvalue weighted by Gasteiger charge is 2.67. The first-order valence-corrected chi connectivity index (χ1v) is 14.8. The van der Waals surface area contributed by atoms with E-state index >= 15 is 0 Å². The fourth-order valence-corrected chi connectivity index (χ4v) is 5.92. The summed E-state index contributed by atoms with van der Waals surface area (Å²) in [6.07, 6.45) is 0. The molecule has 228 valence electrons. The van der Waals surface area contributed by atoms with Crippen LogP contribution < -0.4 is 15.5 Å². The van der Waals surface area contributed by atoms with E-state index in [-0.39, 0.29) is 40.2 Å². The Morgan fingerprint density at radius 3 is 2.21 bits per heavy atom. The van der Waals surface area contributed by atoms with Gasteiger partial charge in [0, 0.05) is 34.4 Å². The zero-order chi connectivity index (χ0) is 31.9. The quantitative estimate of drug-likeness (QED) is 0.233. The van der Waals surface area contributed by atoms with Crippen molar-refractivity contribution in [3.05, 3.63) is 86.6 Å². The van der Waals surface area contributed by atoms with Crippen molar-refractivity contribution < 1.29 is 23.5 Å². The number of hydrogen-bond donors (Lipinski definition) is 2. The molecular formula is C30H27Cl5FN3O4. The van der Waals surface area contributed by atoms with Crippen molar-refractivity contribution in [2.45, 2.75) is 36.6 Å². The van der Waals surface area contributed by atoms with Gasteiger partial charge >= 0.3 is 0 Å². The van der Waals surface area contributed by atoms with Gasteiger partial charge < -0.3 is 20.3 Å². The number of anilines is 3. The van der Waals surface area contributed by atoms with Crippen molar-refractivity contribution in [2.24, 2.45) is 5.92 Å². The first-order valence-electron chi connectivity index (χ1n) is 12.9. The number of nitrogens with zero attached hydrogens (tertiary/aromatic N) is 1. The molecule has 0 radical (unpaired) electrons. The number of nitrogens with one attached hydrogen (secondary N) is 2. The Morgan fingerprint density at radius 1 is 0.953 bits per heavy atom. The molecule has 0 heterocycles. The lowest BCUT2D eigenvalue weighted by Gasteiger charge is -2.23. The standard InChI is InChI=1S/C30H27Cl5FN3O4/c1-29(2,3)43-14-24(40)39(4)19-6-8-23(22(36)13-19)38-27(41)20-12-18(5-7-21(20)33)37-28(42)26-25(30(26,34)35)15-9-16(31)11-17(32)10-15/h5-13,25-26H,14H2,1-4H3,(H,37,42)(H,38,41). The van der Waals surface area contributed by atoms with Gasteiger partial charge in [-0.25, -0.2) is 4.39 Å². The van der Waals surface area contributed by atoms with Crippen molar-refractivity contribution in [1.29, 1.82) is 0 Å². The Bertz CT molecular complexity index is 1570. The fraction of sp³-hybridized carbons (Fsp3) is 0.300. The number of carbonyl (C=O) groups excluding carboxylic acids is 3. The van der Waals surface area contributed by atoms with Gasteiger partial charge in [0.2, 0.25) is 5.91 Å². The molecule has 3 aromatic rings. The van der Waals surface area contributed by atoms with Crippen LogP contribution in [0.4, 0.5) is 21.5 Å². The highest BCUT2D eigenvalue weighted by molar-refractivity contribution is 6.53. The third-order valence-electron chi connectivity index (χ3n) is 6.65. The second kappa shape index (κ2) is 12.8. The average Bonchev–Trinajstić information content (AvgIpc) is 3.49. The molecule has 0 aromatic heterocycles. The van der Waals surface area contributed by atoms with Gasteiger partial charge in [-0.3, -0.25) is 14.4 Å². The Kier molecular flexibility index (Phi) is 9.91. The number of rotatable bonds is 8. The van der Waals surface area contributed by atoms with E-state index in [4.69, 9.17) is 62.7 Å². The molecule has 0 aliphatic heterocycles. The van der Waals surface area contributed by atoms with Crippen LogP contribution in [0.5, 0.6) is 0 Å².